The summed E-state index contributed by atoms with van der Waals surface area (Å²) in [5, 5.41) is 0. The molecule has 0 aromatic heterocycles. The summed E-state index contributed by atoms with van der Waals surface area (Å²) in [6.07, 6.45) is 0. The zero-order valence-electron chi connectivity index (χ0n) is 8.92. The van der Waals surface area contributed by atoms with Crippen LogP contribution in [0.1, 0.15) is 10.4 Å². The van der Waals surface area contributed by atoms with Gasteiger partial charge in [0, 0.05) is 19.0 Å². The third-order valence-electron chi connectivity index (χ3n) is 2.84. The molecule has 0 aliphatic carbocycles. The van der Waals surface area contributed by atoms with Crippen molar-refractivity contribution in [3.63, 3.8) is 0 Å². The van der Waals surface area contributed by atoms with Gasteiger partial charge in [0.25, 0.3) is 5.91 Å². The molecule has 1 saturated heterocycles. The van der Waals surface area contributed by atoms with Crippen LogP contribution in [0.3, 0.4) is 0 Å². The number of carbonyl (C=O) groups is 1. The third kappa shape index (κ3) is 2.00. The van der Waals surface area contributed by atoms with Crippen molar-refractivity contribution in [3.8, 4) is 0 Å². The van der Waals surface area contributed by atoms with E-state index >= 15 is 0 Å². The number of likely N-dealkylation sites (tertiary alicyclic amines) is 1. The van der Waals surface area contributed by atoms with Crippen LogP contribution < -0.4 is 5.73 Å². The van der Waals surface area contributed by atoms with E-state index in [4.69, 9.17) is 5.73 Å². The fraction of sp³-hybridized carbons (Fsp3) is 0.364. The van der Waals surface area contributed by atoms with Crippen molar-refractivity contribution in [1.82, 2.24) is 4.90 Å². The normalized spacial score (nSPS) is 15.9. The van der Waals surface area contributed by atoms with E-state index in [1.807, 2.05) is 0 Å². The van der Waals surface area contributed by atoms with E-state index < -0.39 is 28.9 Å². The quantitative estimate of drug-likeness (QED) is 0.793. The Morgan fingerprint density at radius 2 is 1.94 bits per heavy atom. The molecule has 1 heterocycles. The lowest BCUT2D eigenvalue weighted by Gasteiger charge is -2.38. The topological polar surface area (TPSA) is 46.3 Å². The molecule has 2 rings (SSSR count). The van der Waals surface area contributed by atoms with Crippen molar-refractivity contribution in [2.24, 2.45) is 11.7 Å². The molecule has 1 aliphatic rings. The highest BCUT2D eigenvalue weighted by molar-refractivity contribution is 5.95. The number of amides is 1. The largest absolute Gasteiger partial charge is 0.338 e. The molecule has 0 unspecified atom stereocenters. The van der Waals surface area contributed by atoms with Crippen molar-refractivity contribution < 1.29 is 18.0 Å². The Morgan fingerprint density at radius 1 is 1.29 bits per heavy atom. The average molecular weight is 244 g/mol. The number of halogens is 3. The Labute approximate surface area is 96.0 Å². The summed E-state index contributed by atoms with van der Waals surface area (Å²) in [5.74, 6) is -4.79. The minimum Gasteiger partial charge on any atom is -0.338 e. The molecular weight excluding hydrogens is 233 g/mol. The Morgan fingerprint density at radius 3 is 2.53 bits per heavy atom. The maximum absolute atomic E-state index is 13.3. The van der Waals surface area contributed by atoms with Crippen LogP contribution in [0.5, 0.6) is 0 Å². The lowest BCUT2D eigenvalue weighted by Crippen LogP contribution is -2.52. The van der Waals surface area contributed by atoms with Crippen molar-refractivity contribution in [2.75, 3.05) is 19.6 Å². The zero-order valence-corrected chi connectivity index (χ0v) is 8.92. The molecule has 0 spiro atoms. The smallest absolute Gasteiger partial charge is 0.256 e. The highest BCUT2D eigenvalue weighted by Crippen LogP contribution is 2.21. The second-order valence-corrected chi connectivity index (χ2v) is 4.03. The van der Waals surface area contributed by atoms with E-state index in [1.165, 1.54) is 4.90 Å². The van der Waals surface area contributed by atoms with Gasteiger partial charge >= 0.3 is 0 Å². The van der Waals surface area contributed by atoms with Crippen LogP contribution in [0.2, 0.25) is 0 Å². The van der Waals surface area contributed by atoms with Gasteiger partial charge in [-0.05, 0) is 18.7 Å². The van der Waals surface area contributed by atoms with Crippen LogP contribution in [0, 0.1) is 23.4 Å². The van der Waals surface area contributed by atoms with Crippen LogP contribution in [0.4, 0.5) is 13.2 Å². The van der Waals surface area contributed by atoms with Crippen LogP contribution >= 0.6 is 0 Å². The molecule has 1 aliphatic heterocycles. The summed E-state index contributed by atoms with van der Waals surface area (Å²) >= 11 is 0. The zero-order chi connectivity index (χ0) is 12.6. The summed E-state index contributed by atoms with van der Waals surface area (Å²) in [4.78, 5) is 13.1. The van der Waals surface area contributed by atoms with E-state index in [9.17, 15) is 18.0 Å². The molecule has 1 fully saturated rings. The van der Waals surface area contributed by atoms with Gasteiger partial charge in [-0.3, -0.25) is 4.79 Å². The van der Waals surface area contributed by atoms with Gasteiger partial charge in [0.2, 0.25) is 0 Å². The highest BCUT2D eigenvalue weighted by Gasteiger charge is 2.32. The SMILES string of the molecule is NCC1CN(C(=O)c2ccc(F)c(F)c2F)C1. The molecule has 1 aromatic carbocycles. The Bertz CT molecular complexity index is 458. The van der Waals surface area contributed by atoms with E-state index in [-0.39, 0.29) is 5.92 Å². The van der Waals surface area contributed by atoms with E-state index in [0.717, 1.165) is 12.1 Å². The van der Waals surface area contributed by atoms with Crippen LogP contribution in [0.25, 0.3) is 0 Å². The Kier molecular flexibility index (Phi) is 3.06. The monoisotopic (exact) mass is 244 g/mol. The van der Waals surface area contributed by atoms with Crippen LogP contribution in [-0.4, -0.2) is 30.4 Å². The van der Waals surface area contributed by atoms with E-state index in [2.05, 4.69) is 0 Å². The number of hydrogen-bond acceptors (Lipinski definition) is 2. The summed E-state index contributed by atoms with van der Waals surface area (Å²) < 4.78 is 38.9. The molecule has 0 radical (unpaired) electrons. The van der Waals surface area contributed by atoms with Crippen molar-refractivity contribution in [2.45, 2.75) is 0 Å². The second-order valence-electron chi connectivity index (χ2n) is 4.03. The molecule has 1 amide bonds. The number of benzene rings is 1. The van der Waals surface area contributed by atoms with Gasteiger partial charge in [-0.15, -0.1) is 0 Å². The summed E-state index contributed by atoms with van der Waals surface area (Å²) in [7, 11) is 0. The number of carbonyl (C=O) groups excluding carboxylic acids is 1. The summed E-state index contributed by atoms with van der Waals surface area (Å²) in [5.41, 5.74) is 4.94. The minimum absolute atomic E-state index is 0.201. The fourth-order valence-corrected chi connectivity index (χ4v) is 1.75. The van der Waals surface area contributed by atoms with Gasteiger partial charge in [0.1, 0.15) is 0 Å². The van der Waals surface area contributed by atoms with Gasteiger partial charge in [-0.1, -0.05) is 0 Å². The first-order chi connectivity index (χ1) is 8.04. The van der Waals surface area contributed by atoms with Gasteiger partial charge in [0.15, 0.2) is 17.5 Å². The molecule has 6 heteroatoms. The lowest BCUT2D eigenvalue weighted by molar-refractivity contribution is 0.0509. The maximum Gasteiger partial charge on any atom is 0.256 e. The van der Waals surface area contributed by atoms with E-state index in [0.29, 0.717) is 19.6 Å². The first kappa shape index (κ1) is 11.9. The average Bonchev–Trinajstić information content (AvgIpc) is 2.24. The van der Waals surface area contributed by atoms with Gasteiger partial charge in [-0.2, -0.15) is 0 Å². The molecule has 2 N–H and O–H groups in total. The number of rotatable bonds is 2. The molecule has 92 valence electrons. The summed E-state index contributed by atoms with van der Waals surface area (Å²) in [6, 6.07) is 1.69. The first-order valence-electron chi connectivity index (χ1n) is 5.17. The van der Waals surface area contributed by atoms with Gasteiger partial charge in [0.05, 0.1) is 5.56 Å². The third-order valence-corrected chi connectivity index (χ3v) is 2.84. The van der Waals surface area contributed by atoms with Crippen molar-refractivity contribution >= 4 is 5.91 Å². The first-order valence-corrected chi connectivity index (χ1v) is 5.17. The standard InChI is InChI=1S/C11H11F3N2O/c12-8-2-1-7(9(13)10(8)14)11(17)16-4-6(3-15)5-16/h1-2,6H,3-5,15H2. The number of nitrogens with two attached hydrogens (primary N) is 1. The Hall–Kier alpha value is -1.56. The molecular formula is C11H11F3N2O. The molecule has 3 nitrogen and oxygen atoms in total. The maximum atomic E-state index is 13.3. The molecule has 0 saturated carbocycles. The predicted molar refractivity (Wildman–Crippen MR) is 54.8 cm³/mol. The molecule has 0 atom stereocenters. The van der Waals surface area contributed by atoms with Crippen molar-refractivity contribution in [1.29, 1.82) is 0 Å². The summed E-state index contributed by atoms with van der Waals surface area (Å²) in [6.45, 7) is 1.30. The van der Waals surface area contributed by atoms with Crippen LogP contribution in [-0.2, 0) is 0 Å². The van der Waals surface area contributed by atoms with Gasteiger partial charge < -0.3 is 10.6 Å². The number of nitrogens with zero attached hydrogens (tertiary/aromatic N) is 1. The van der Waals surface area contributed by atoms with E-state index in [1.54, 1.807) is 0 Å². The predicted octanol–water partition coefficient (Wildman–Crippen LogP) is 1.13. The fourth-order valence-electron chi connectivity index (χ4n) is 1.75. The van der Waals surface area contributed by atoms with Crippen LogP contribution in [0.15, 0.2) is 12.1 Å². The lowest BCUT2D eigenvalue weighted by atomic mass is 9.99. The number of hydrogen-bond donors (Lipinski definition) is 1. The highest BCUT2D eigenvalue weighted by atomic mass is 19.2. The molecule has 17 heavy (non-hydrogen) atoms. The molecule has 0 bridgehead atoms. The second kappa shape index (κ2) is 4.37. The Balaban J connectivity index is 2.18. The van der Waals surface area contributed by atoms with Gasteiger partial charge in [-0.25, -0.2) is 13.2 Å². The molecule has 1 aromatic rings. The van der Waals surface area contributed by atoms with Crippen molar-refractivity contribution in [3.05, 3.63) is 35.1 Å². The minimum atomic E-state index is -1.62.